The summed E-state index contributed by atoms with van der Waals surface area (Å²) in [7, 11) is -3.84. The molecule has 0 radical (unpaired) electrons. The van der Waals surface area contributed by atoms with Crippen molar-refractivity contribution in [3.63, 3.8) is 0 Å². The van der Waals surface area contributed by atoms with Crippen LogP contribution >= 0.6 is 0 Å². The molecule has 1 amide bonds. The number of hydrogen-bond acceptors (Lipinski definition) is 4. The van der Waals surface area contributed by atoms with Gasteiger partial charge in [-0.2, -0.15) is 17.5 Å². The summed E-state index contributed by atoms with van der Waals surface area (Å²) in [4.78, 5) is 24.0. The molecular formula is C18H20F3N3O4S. The number of hydrogen-bond donors (Lipinski definition) is 1. The molecule has 2 rings (SSSR count). The Morgan fingerprint density at radius 3 is 2.38 bits per heavy atom. The van der Waals surface area contributed by atoms with Gasteiger partial charge in [0, 0.05) is 31.0 Å². The van der Waals surface area contributed by atoms with Gasteiger partial charge in [0.2, 0.25) is 15.9 Å². The van der Waals surface area contributed by atoms with Gasteiger partial charge in [0.05, 0.1) is 10.5 Å². The minimum Gasteiger partial charge on any atom is -0.325 e. The van der Waals surface area contributed by atoms with E-state index in [9.17, 15) is 31.2 Å². The van der Waals surface area contributed by atoms with Crippen LogP contribution in [0.25, 0.3) is 0 Å². The molecule has 0 fully saturated rings. The second-order valence-electron chi connectivity index (χ2n) is 6.05. The molecule has 0 aliphatic rings. The van der Waals surface area contributed by atoms with Crippen LogP contribution in [-0.4, -0.2) is 36.3 Å². The van der Waals surface area contributed by atoms with Gasteiger partial charge >= 0.3 is 6.18 Å². The average molecular weight is 431 g/mol. The first kappa shape index (κ1) is 22.6. The minimum atomic E-state index is -4.56. The van der Waals surface area contributed by atoms with E-state index in [1.165, 1.54) is 10.4 Å². The number of sulfonamides is 1. The van der Waals surface area contributed by atoms with Crippen molar-refractivity contribution in [3.05, 3.63) is 58.5 Å². The van der Waals surface area contributed by atoms with Crippen molar-refractivity contribution >= 4 is 21.6 Å². The Morgan fingerprint density at radius 1 is 1.14 bits per heavy atom. The maximum absolute atomic E-state index is 12.8. The molecule has 0 unspecified atom stereocenters. The lowest BCUT2D eigenvalue weighted by Crippen LogP contribution is -2.33. The number of carbonyl (C=O) groups excluding carboxylic acids is 1. The number of alkyl halides is 3. The largest absolute Gasteiger partial charge is 0.416 e. The van der Waals surface area contributed by atoms with E-state index in [1.807, 2.05) is 0 Å². The summed E-state index contributed by atoms with van der Waals surface area (Å²) in [6, 6.07) is 6.22. The second kappa shape index (κ2) is 8.78. The zero-order valence-electron chi connectivity index (χ0n) is 15.7. The van der Waals surface area contributed by atoms with Gasteiger partial charge in [-0.15, -0.1) is 0 Å². The zero-order valence-corrected chi connectivity index (χ0v) is 16.5. The van der Waals surface area contributed by atoms with Crippen LogP contribution in [-0.2, 0) is 27.5 Å². The number of anilines is 1. The molecule has 158 valence electrons. The van der Waals surface area contributed by atoms with Crippen LogP contribution in [0.3, 0.4) is 0 Å². The molecule has 0 aliphatic carbocycles. The number of nitrogens with one attached hydrogen (secondary N) is 1. The van der Waals surface area contributed by atoms with Crippen LogP contribution in [0.1, 0.15) is 19.4 Å². The highest BCUT2D eigenvalue weighted by molar-refractivity contribution is 7.89. The monoisotopic (exact) mass is 431 g/mol. The van der Waals surface area contributed by atoms with Crippen LogP contribution in [0.5, 0.6) is 0 Å². The first-order chi connectivity index (χ1) is 13.5. The maximum atomic E-state index is 12.8. The van der Waals surface area contributed by atoms with Gasteiger partial charge in [-0.3, -0.25) is 9.59 Å². The average Bonchev–Trinajstić information content (AvgIpc) is 2.63. The van der Waals surface area contributed by atoms with Crippen molar-refractivity contribution in [2.75, 3.05) is 18.4 Å². The third kappa shape index (κ3) is 5.45. The van der Waals surface area contributed by atoms with Crippen molar-refractivity contribution < 1.29 is 26.4 Å². The molecule has 0 atom stereocenters. The van der Waals surface area contributed by atoms with Crippen LogP contribution in [0.15, 0.2) is 52.3 Å². The molecule has 7 nitrogen and oxygen atoms in total. The fourth-order valence-electron chi connectivity index (χ4n) is 2.63. The van der Waals surface area contributed by atoms with Crippen LogP contribution in [0, 0.1) is 0 Å². The van der Waals surface area contributed by atoms with Gasteiger partial charge in [-0.05, 0) is 24.3 Å². The van der Waals surface area contributed by atoms with Gasteiger partial charge in [-0.1, -0.05) is 19.9 Å². The van der Waals surface area contributed by atoms with Gasteiger partial charge in [0.15, 0.2) is 0 Å². The van der Waals surface area contributed by atoms with E-state index in [2.05, 4.69) is 5.32 Å². The Balaban J connectivity index is 2.24. The van der Waals surface area contributed by atoms with Gasteiger partial charge in [-0.25, -0.2) is 8.42 Å². The lowest BCUT2D eigenvalue weighted by molar-refractivity contribution is -0.137. The number of amides is 1. The Hall–Kier alpha value is -2.66. The molecule has 29 heavy (non-hydrogen) atoms. The van der Waals surface area contributed by atoms with E-state index in [4.69, 9.17) is 0 Å². The normalized spacial score (nSPS) is 12.2. The highest BCUT2D eigenvalue weighted by Crippen LogP contribution is 2.30. The molecular weight excluding hydrogens is 411 g/mol. The van der Waals surface area contributed by atoms with E-state index in [1.54, 1.807) is 13.8 Å². The predicted molar refractivity (Wildman–Crippen MR) is 101 cm³/mol. The first-order valence-electron chi connectivity index (χ1n) is 8.66. The van der Waals surface area contributed by atoms with Crippen LogP contribution in [0.2, 0.25) is 0 Å². The first-order valence-corrected chi connectivity index (χ1v) is 10.1. The summed E-state index contributed by atoms with van der Waals surface area (Å²) in [5.41, 5.74) is -1.65. The Morgan fingerprint density at radius 2 is 1.79 bits per heavy atom. The molecule has 1 N–H and O–H groups in total. The fourth-order valence-corrected chi connectivity index (χ4v) is 4.11. The standard InChI is InChI=1S/C18H20F3N3O4S/c1-3-24(4-2)29(27,28)15-8-9-17(26)23(11-15)12-16(25)22-14-7-5-6-13(10-14)18(19,20)21/h5-11H,3-4,12H2,1-2H3,(H,22,25). The summed E-state index contributed by atoms with van der Waals surface area (Å²) in [6.45, 7) is 3.23. The van der Waals surface area contributed by atoms with Gasteiger partial charge in [0.1, 0.15) is 6.54 Å². The number of rotatable bonds is 7. The van der Waals surface area contributed by atoms with E-state index in [0.29, 0.717) is 0 Å². The Kier molecular flexibility index (Phi) is 6.85. The van der Waals surface area contributed by atoms with Crippen molar-refractivity contribution in [3.8, 4) is 0 Å². The third-order valence-corrected chi connectivity index (χ3v) is 6.12. The smallest absolute Gasteiger partial charge is 0.325 e. The van der Waals surface area contributed by atoms with Crippen molar-refractivity contribution in [1.29, 1.82) is 0 Å². The van der Waals surface area contributed by atoms with Gasteiger partial charge in [0.25, 0.3) is 5.56 Å². The number of aromatic nitrogens is 1. The highest BCUT2D eigenvalue weighted by atomic mass is 32.2. The number of carbonyl (C=O) groups is 1. The Labute approximate surface area is 165 Å². The summed E-state index contributed by atoms with van der Waals surface area (Å²) in [5, 5.41) is 2.27. The summed E-state index contributed by atoms with van der Waals surface area (Å²) < 4.78 is 65.5. The quantitative estimate of drug-likeness (QED) is 0.730. The molecule has 1 aromatic heterocycles. The van der Waals surface area contributed by atoms with Crippen LogP contribution in [0.4, 0.5) is 18.9 Å². The van der Waals surface area contributed by atoms with Crippen molar-refractivity contribution in [2.24, 2.45) is 0 Å². The molecule has 0 saturated carbocycles. The number of benzene rings is 1. The molecule has 0 bridgehead atoms. The minimum absolute atomic E-state index is 0.0928. The summed E-state index contributed by atoms with van der Waals surface area (Å²) in [5.74, 6) is -0.774. The number of halogens is 3. The lowest BCUT2D eigenvalue weighted by Gasteiger charge is -2.19. The second-order valence-corrected chi connectivity index (χ2v) is 7.98. The number of pyridine rings is 1. The molecule has 1 aromatic carbocycles. The highest BCUT2D eigenvalue weighted by Gasteiger charge is 2.30. The zero-order chi connectivity index (χ0) is 21.8. The van der Waals surface area contributed by atoms with E-state index in [-0.39, 0.29) is 23.7 Å². The van der Waals surface area contributed by atoms with E-state index >= 15 is 0 Å². The Bertz CT molecular complexity index is 1040. The van der Waals surface area contributed by atoms with Gasteiger partial charge < -0.3 is 9.88 Å². The van der Waals surface area contributed by atoms with Crippen LogP contribution < -0.4 is 10.9 Å². The van der Waals surface area contributed by atoms with Crippen molar-refractivity contribution in [1.82, 2.24) is 8.87 Å². The van der Waals surface area contributed by atoms with Crippen molar-refractivity contribution in [2.45, 2.75) is 31.5 Å². The van der Waals surface area contributed by atoms with E-state index < -0.39 is 39.8 Å². The lowest BCUT2D eigenvalue weighted by atomic mass is 10.2. The summed E-state index contributed by atoms with van der Waals surface area (Å²) >= 11 is 0. The SMILES string of the molecule is CCN(CC)S(=O)(=O)c1ccc(=O)n(CC(=O)Nc2cccc(C(F)(F)F)c2)c1. The maximum Gasteiger partial charge on any atom is 0.416 e. The van der Waals surface area contributed by atoms with E-state index in [0.717, 1.165) is 41.1 Å². The molecule has 0 aliphatic heterocycles. The molecule has 0 spiro atoms. The number of nitrogens with zero attached hydrogens (tertiary/aromatic N) is 2. The molecule has 0 saturated heterocycles. The molecule has 11 heteroatoms. The topological polar surface area (TPSA) is 88.5 Å². The molecule has 2 aromatic rings. The molecule has 1 heterocycles. The predicted octanol–water partition coefficient (Wildman–Crippen LogP) is 2.54. The summed E-state index contributed by atoms with van der Waals surface area (Å²) in [6.07, 6.45) is -3.52. The fraction of sp³-hybridized carbons (Fsp3) is 0.333. The third-order valence-electron chi connectivity index (χ3n) is 4.09.